The van der Waals surface area contributed by atoms with Gasteiger partial charge in [-0.1, -0.05) is 0 Å². The first-order valence-electron chi connectivity index (χ1n) is 9.62. The van der Waals surface area contributed by atoms with Crippen molar-refractivity contribution in [2.75, 3.05) is 13.1 Å². The van der Waals surface area contributed by atoms with Crippen LogP contribution in [0.1, 0.15) is 33.9 Å². The molecule has 1 unspecified atom stereocenters. The van der Waals surface area contributed by atoms with E-state index in [9.17, 15) is 18.4 Å². The molecule has 0 aromatic heterocycles. The molecule has 2 aromatic carbocycles. The SMILES string of the molecule is O=C1NCc2cc(OC3CN(C(=O)N4N=CCC4c4cc(F)cc(F)c4)C3)ccc21. The monoisotopic (exact) mass is 412 g/mol. The van der Waals surface area contributed by atoms with Gasteiger partial charge in [-0.2, -0.15) is 5.10 Å². The first kappa shape index (κ1) is 18.5. The van der Waals surface area contributed by atoms with E-state index in [0.29, 0.717) is 42.9 Å². The largest absolute Gasteiger partial charge is 0.487 e. The van der Waals surface area contributed by atoms with Crippen LogP contribution in [0.2, 0.25) is 0 Å². The molecule has 1 saturated heterocycles. The second-order valence-corrected chi connectivity index (χ2v) is 7.53. The molecule has 3 heterocycles. The van der Waals surface area contributed by atoms with Gasteiger partial charge in [0, 0.05) is 30.8 Å². The second kappa shape index (κ2) is 7.08. The molecular formula is C21H18F2N4O3. The Balaban J connectivity index is 1.21. The highest BCUT2D eigenvalue weighted by molar-refractivity contribution is 5.98. The van der Waals surface area contributed by atoms with Crippen molar-refractivity contribution in [2.24, 2.45) is 5.10 Å². The Labute approximate surface area is 170 Å². The van der Waals surface area contributed by atoms with Crippen molar-refractivity contribution in [1.29, 1.82) is 0 Å². The first-order chi connectivity index (χ1) is 14.5. The lowest BCUT2D eigenvalue weighted by Gasteiger charge is -2.41. The van der Waals surface area contributed by atoms with E-state index in [-0.39, 0.29) is 18.0 Å². The van der Waals surface area contributed by atoms with E-state index in [1.165, 1.54) is 17.1 Å². The van der Waals surface area contributed by atoms with E-state index in [1.807, 2.05) is 6.07 Å². The van der Waals surface area contributed by atoms with Crippen molar-refractivity contribution in [1.82, 2.24) is 15.2 Å². The minimum absolute atomic E-state index is 0.0872. The fourth-order valence-corrected chi connectivity index (χ4v) is 3.93. The maximum atomic E-state index is 13.6. The van der Waals surface area contributed by atoms with Gasteiger partial charge in [0.2, 0.25) is 0 Å². The average Bonchev–Trinajstić information content (AvgIpc) is 3.30. The van der Waals surface area contributed by atoms with Gasteiger partial charge in [-0.3, -0.25) is 4.79 Å². The van der Waals surface area contributed by atoms with Gasteiger partial charge in [0.15, 0.2) is 0 Å². The molecule has 9 heteroatoms. The predicted octanol–water partition coefficient (Wildman–Crippen LogP) is 2.82. The fourth-order valence-electron chi connectivity index (χ4n) is 3.93. The summed E-state index contributed by atoms with van der Waals surface area (Å²) < 4.78 is 33.1. The van der Waals surface area contributed by atoms with Gasteiger partial charge in [0.05, 0.1) is 19.1 Å². The topological polar surface area (TPSA) is 74.2 Å². The van der Waals surface area contributed by atoms with Crippen LogP contribution >= 0.6 is 0 Å². The number of carbonyl (C=O) groups is 2. The van der Waals surface area contributed by atoms with Crippen LogP contribution in [0.25, 0.3) is 0 Å². The number of carbonyl (C=O) groups excluding carboxylic acids is 2. The standard InChI is InChI=1S/C21H18F2N4O3/c22-14-5-12(6-15(23)8-14)19-3-4-25-27(19)21(29)26-10-17(11-26)30-16-1-2-18-13(7-16)9-24-20(18)28/h1-2,4-8,17,19H,3,9-11H2,(H,24,28). The van der Waals surface area contributed by atoms with Crippen LogP contribution in [0, 0.1) is 11.6 Å². The Kier molecular flexibility index (Phi) is 4.38. The number of urea groups is 1. The third-order valence-electron chi connectivity index (χ3n) is 5.48. The van der Waals surface area contributed by atoms with E-state index >= 15 is 0 Å². The molecule has 2 aromatic rings. The van der Waals surface area contributed by atoms with Crippen molar-refractivity contribution in [3.05, 3.63) is 64.7 Å². The molecular weight excluding hydrogens is 394 g/mol. The van der Waals surface area contributed by atoms with Crippen LogP contribution < -0.4 is 10.1 Å². The molecule has 0 spiro atoms. The number of nitrogens with one attached hydrogen (secondary N) is 1. The van der Waals surface area contributed by atoms with Gasteiger partial charge in [-0.05, 0) is 41.5 Å². The minimum Gasteiger partial charge on any atom is -0.487 e. The number of fused-ring (bicyclic) bond motifs is 1. The number of amides is 3. The Morgan fingerprint density at radius 2 is 1.90 bits per heavy atom. The van der Waals surface area contributed by atoms with Gasteiger partial charge < -0.3 is 15.0 Å². The number of nitrogens with zero attached hydrogens (tertiary/aromatic N) is 3. The normalized spacial score (nSPS) is 20.2. The van der Waals surface area contributed by atoms with E-state index in [1.54, 1.807) is 23.2 Å². The van der Waals surface area contributed by atoms with Crippen molar-refractivity contribution in [3.8, 4) is 5.75 Å². The molecule has 3 amide bonds. The Morgan fingerprint density at radius 3 is 2.67 bits per heavy atom. The molecule has 1 N–H and O–H groups in total. The summed E-state index contributed by atoms with van der Waals surface area (Å²) >= 11 is 0. The molecule has 5 rings (SSSR count). The lowest BCUT2D eigenvalue weighted by atomic mass is 10.0. The zero-order valence-corrected chi connectivity index (χ0v) is 15.8. The van der Waals surface area contributed by atoms with Crippen LogP contribution in [0.5, 0.6) is 5.75 Å². The first-order valence-corrected chi connectivity index (χ1v) is 9.62. The van der Waals surface area contributed by atoms with Gasteiger partial charge in [0.1, 0.15) is 23.5 Å². The number of rotatable bonds is 3. The third kappa shape index (κ3) is 3.26. The molecule has 154 valence electrons. The molecule has 3 aliphatic rings. The Bertz CT molecular complexity index is 1050. The molecule has 1 fully saturated rings. The third-order valence-corrected chi connectivity index (χ3v) is 5.48. The summed E-state index contributed by atoms with van der Waals surface area (Å²) in [6.45, 7) is 1.24. The maximum Gasteiger partial charge on any atom is 0.341 e. The van der Waals surface area contributed by atoms with E-state index in [0.717, 1.165) is 11.6 Å². The summed E-state index contributed by atoms with van der Waals surface area (Å²) in [6.07, 6.45) is 1.79. The number of likely N-dealkylation sites (tertiary alicyclic amines) is 1. The molecule has 0 radical (unpaired) electrons. The smallest absolute Gasteiger partial charge is 0.341 e. The molecule has 0 bridgehead atoms. The highest BCUT2D eigenvalue weighted by atomic mass is 19.1. The van der Waals surface area contributed by atoms with E-state index in [4.69, 9.17) is 4.74 Å². The molecule has 0 saturated carbocycles. The average molecular weight is 412 g/mol. The van der Waals surface area contributed by atoms with Crippen molar-refractivity contribution in [2.45, 2.75) is 25.1 Å². The summed E-state index contributed by atoms with van der Waals surface area (Å²) in [4.78, 5) is 26.0. The van der Waals surface area contributed by atoms with Crippen LogP contribution in [0.15, 0.2) is 41.5 Å². The lowest BCUT2D eigenvalue weighted by molar-refractivity contribution is 0.0277. The van der Waals surface area contributed by atoms with E-state index < -0.39 is 17.7 Å². The summed E-state index contributed by atoms with van der Waals surface area (Å²) in [7, 11) is 0. The summed E-state index contributed by atoms with van der Waals surface area (Å²) in [5, 5.41) is 8.12. The number of hydrogen-bond donors (Lipinski definition) is 1. The van der Waals surface area contributed by atoms with Crippen LogP contribution in [-0.4, -0.2) is 47.3 Å². The summed E-state index contributed by atoms with van der Waals surface area (Å²) in [6, 6.07) is 7.68. The highest BCUT2D eigenvalue weighted by Crippen LogP contribution is 2.32. The Morgan fingerprint density at radius 1 is 1.13 bits per heavy atom. The van der Waals surface area contributed by atoms with Crippen LogP contribution in [-0.2, 0) is 6.54 Å². The van der Waals surface area contributed by atoms with Crippen molar-refractivity contribution < 1.29 is 23.1 Å². The number of hydrazone groups is 1. The molecule has 7 nitrogen and oxygen atoms in total. The maximum absolute atomic E-state index is 13.6. The molecule has 1 atom stereocenters. The van der Waals surface area contributed by atoms with Gasteiger partial charge in [-0.15, -0.1) is 0 Å². The number of benzene rings is 2. The van der Waals surface area contributed by atoms with Crippen molar-refractivity contribution in [3.63, 3.8) is 0 Å². The van der Waals surface area contributed by atoms with Crippen molar-refractivity contribution >= 4 is 18.2 Å². The zero-order valence-electron chi connectivity index (χ0n) is 15.8. The van der Waals surface area contributed by atoms with Gasteiger partial charge in [0.25, 0.3) is 5.91 Å². The van der Waals surface area contributed by atoms with Crippen LogP contribution in [0.3, 0.4) is 0 Å². The minimum atomic E-state index is -0.687. The highest BCUT2D eigenvalue weighted by Gasteiger charge is 2.39. The number of halogens is 2. The van der Waals surface area contributed by atoms with Gasteiger partial charge >= 0.3 is 6.03 Å². The summed E-state index contributed by atoms with van der Waals surface area (Å²) in [5.41, 5.74) is 1.91. The van der Waals surface area contributed by atoms with E-state index in [2.05, 4.69) is 10.4 Å². The number of ether oxygens (including phenoxy) is 1. The second-order valence-electron chi connectivity index (χ2n) is 7.53. The summed E-state index contributed by atoms with van der Waals surface area (Å²) in [5.74, 6) is -0.813. The van der Waals surface area contributed by atoms with Gasteiger partial charge in [-0.25, -0.2) is 18.6 Å². The molecule has 30 heavy (non-hydrogen) atoms. The number of hydrogen-bond acceptors (Lipinski definition) is 4. The Hall–Kier alpha value is -3.49. The fraction of sp³-hybridized carbons (Fsp3) is 0.286. The molecule has 0 aliphatic carbocycles. The molecule has 3 aliphatic heterocycles. The predicted molar refractivity (Wildman–Crippen MR) is 103 cm³/mol. The quantitative estimate of drug-likeness (QED) is 0.843. The zero-order chi connectivity index (χ0) is 20.8. The van der Waals surface area contributed by atoms with Crippen LogP contribution in [0.4, 0.5) is 13.6 Å². The lowest BCUT2D eigenvalue weighted by Crippen LogP contribution is -2.58.